The lowest BCUT2D eigenvalue weighted by Gasteiger charge is -1.74. The second-order valence-corrected chi connectivity index (χ2v) is 1.34. The Kier molecular flexibility index (Phi) is 0.601. The molecule has 0 aromatic rings. The zero-order valence-electron chi connectivity index (χ0n) is 3.68. The van der Waals surface area contributed by atoms with Crippen molar-refractivity contribution in [2.45, 2.75) is 6.92 Å². The van der Waals surface area contributed by atoms with Crippen LogP contribution >= 0.6 is 0 Å². The average molecular weight is 85.1 g/mol. The number of nitrogens with zero attached hydrogens (tertiary/aromatic N) is 1. The van der Waals surface area contributed by atoms with E-state index in [-0.39, 0.29) is 0 Å². The van der Waals surface area contributed by atoms with Gasteiger partial charge in [-0.2, -0.15) is 0 Å². The van der Waals surface area contributed by atoms with Crippen molar-refractivity contribution in [2.24, 2.45) is 0 Å². The van der Waals surface area contributed by atoms with Crippen LogP contribution < -0.4 is 0 Å². The third-order valence-corrected chi connectivity index (χ3v) is 0.873. The molecule has 0 aromatic heterocycles. The van der Waals surface area contributed by atoms with Gasteiger partial charge in [0, 0.05) is 0 Å². The minimum Gasteiger partial charge on any atom is -0.288 e. The molecule has 1 heterocycles. The fraction of sp³-hybridized carbons (Fsp3) is 0.500. The second kappa shape index (κ2) is 0.980. The minimum atomic E-state index is 0.747. The quantitative estimate of drug-likeness (QED) is 0.435. The molecule has 1 saturated heterocycles. The molecule has 0 radical (unpaired) electrons. The van der Waals surface area contributed by atoms with Gasteiger partial charge in [0.15, 0.2) is 0 Å². The van der Waals surface area contributed by atoms with Crippen molar-refractivity contribution in [1.29, 1.82) is 0 Å². The summed E-state index contributed by atoms with van der Waals surface area (Å²) >= 11 is 0. The first kappa shape index (κ1) is 3.68. The number of hydrogen-bond acceptors (Lipinski definition) is 2. The molecule has 1 aliphatic heterocycles. The molecule has 0 bridgehead atoms. The maximum absolute atomic E-state index is 8.39. The van der Waals surface area contributed by atoms with Gasteiger partial charge in [-0.25, -0.2) is 0 Å². The van der Waals surface area contributed by atoms with E-state index < -0.39 is 0 Å². The lowest BCUT2D eigenvalue weighted by molar-refractivity contribution is 0.0473. The average Bonchev–Trinajstić information content (AvgIpc) is 2.19. The summed E-state index contributed by atoms with van der Waals surface area (Å²) in [7, 11) is 0. The van der Waals surface area contributed by atoms with Gasteiger partial charge in [-0.3, -0.25) is 10.3 Å². The van der Waals surface area contributed by atoms with Gasteiger partial charge >= 0.3 is 0 Å². The zero-order chi connectivity index (χ0) is 4.57. The molecule has 0 saturated carbocycles. The Hall–Kier alpha value is -0.500. The van der Waals surface area contributed by atoms with Gasteiger partial charge in [0.05, 0.1) is 12.2 Å². The summed E-state index contributed by atoms with van der Waals surface area (Å²) in [5, 5.41) is 9.60. The van der Waals surface area contributed by atoms with Gasteiger partial charge < -0.3 is 0 Å². The lowest BCUT2D eigenvalue weighted by atomic mass is 10.6. The summed E-state index contributed by atoms with van der Waals surface area (Å²) in [6, 6.07) is 0. The van der Waals surface area contributed by atoms with E-state index in [0.717, 1.165) is 12.2 Å². The Morgan fingerprint density at radius 2 is 2.50 bits per heavy atom. The van der Waals surface area contributed by atoms with Crippen LogP contribution in [-0.2, 0) is 0 Å². The Labute approximate surface area is 36.6 Å². The van der Waals surface area contributed by atoms with Crippen LogP contribution in [0.5, 0.6) is 0 Å². The van der Waals surface area contributed by atoms with Gasteiger partial charge in [0.25, 0.3) is 0 Å². The van der Waals surface area contributed by atoms with E-state index in [4.69, 9.17) is 5.21 Å². The van der Waals surface area contributed by atoms with Crippen LogP contribution in [0.15, 0.2) is 11.8 Å². The van der Waals surface area contributed by atoms with Gasteiger partial charge in [-0.15, -0.1) is 0 Å². The van der Waals surface area contributed by atoms with Crippen molar-refractivity contribution in [3.63, 3.8) is 0 Å². The molecule has 6 heavy (non-hydrogen) atoms. The molecule has 1 fully saturated rings. The maximum atomic E-state index is 8.39. The number of hydroxylamine groups is 2. The van der Waals surface area contributed by atoms with Crippen molar-refractivity contribution in [1.82, 2.24) is 5.06 Å². The normalized spacial score (nSPS) is 25.7. The van der Waals surface area contributed by atoms with E-state index in [1.165, 1.54) is 5.06 Å². The second-order valence-electron chi connectivity index (χ2n) is 1.34. The molecule has 1 aliphatic rings. The first-order chi connectivity index (χ1) is 2.84. The predicted molar refractivity (Wildman–Crippen MR) is 22.2 cm³/mol. The van der Waals surface area contributed by atoms with E-state index in [1.807, 2.05) is 13.0 Å². The van der Waals surface area contributed by atoms with E-state index in [2.05, 4.69) is 0 Å². The molecular formula is C4H7NO. The lowest BCUT2D eigenvalue weighted by Crippen LogP contribution is -1.77. The largest absolute Gasteiger partial charge is 0.288 e. The topological polar surface area (TPSA) is 23.2 Å². The standard InChI is InChI=1S/C4H7NO/c1-2-4-3-5(4)6/h2,6H,3H2,1H3/b4-2-. The summed E-state index contributed by atoms with van der Waals surface area (Å²) in [6.45, 7) is 2.65. The first-order valence-electron chi connectivity index (χ1n) is 1.96. The molecule has 0 spiro atoms. The molecule has 2 heteroatoms. The molecule has 0 aromatic carbocycles. The SMILES string of the molecule is C/C=C1/CN1O. The van der Waals surface area contributed by atoms with Gasteiger partial charge in [0.2, 0.25) is 0 Å². The van der Waals surface area contributed by atoms with Crippen molar-refractivity contribution < 1.29 is 5.21 Å². The third kappa shape index (κ3) is 0.389. The summed E-state index contributed by atoms with van der Waals surface area (Å²) in [5.74, 6) is 0. The summed E-state index contributed by atoms with van der Waals surface area (Å²) in [4.78, 5) is 0. The number of allylic oxidation sites excluding steroid dienone is 1. The van der Waals surface area contributed by atoms with Crippen LogP contribution in [-0.4, -0.2) is 16.8 Å². The van der Waals surface area contributed by atoms with Crippen molar-refractivity contribution >= 4 is 0 Å². The monoisotopic (exact) mass is 85.1 g/mol. The highest BCUT2D eigenvalue weighted by Gasteiger charge is 2.20. The Bertz CT molecular complexity index is 87.5. The Morgan fingerprint density at radius 1 is 2.00 bits per heavy atom. The van der Waals surface area contributed by atoms with E-state index >= 15 is 0 Å². The van der Waals surface area contributed by atoms with Gasteiger partial charge in [0.1, 0.15) is 0 Å². The number of rotatable bonds is 0. The smallest absolute Gasteiger partial charge is 0.0869 e. The van der Waals surface area contributed by atoms with Crippen LogP contribution in [0, 0.1) is 0 Å². The maximum Gasteiger partial charge on any atom is 0.0869 e. The summed E-state index contributed by atoms with van der Waals surface area (Å²) < 4.78 is 0. The van der Waals surface area contributed by atoms with Crippen LogP contribution in [0.3, 0.4) is 0 Å². The third-order valence-electron chi connectivity index (χ3n) is 0.873. The molecular weight excluding hydrogens is 78.0 g/mol. The van der Waals surface area contributed by atoms with Crippen LogP contribution in [0.2, 0.25) is 0 Å². The Morgan fingerprint density at radius 3 is 2.50 bits per heavy atom. The van der Waals surface area contributed by atoms with Gasteiger partial charge in [-0.05, 0) is 6.92 Å². The zero-order valence-corrected chi connectivity index (χ0v) is 3.68. The molecule has 0 amide bonds. The molecule has 1 rings (SSSR count). The van der Waals surface area contributed by atoms with E-state index in [9.17, 15) is 0 Å². The van der Waals surface area contributed by atoms with Crippen molar-refractivity contribution in [2.75, 3.05) is 6.54 Å². The molecule has 0 unspecified atom stereocenters. The summed E-state index contributed by atoms with van der Waals surface area (Å²) in [5.41, 5.74) is 1.02. The van der Waals surface area contributed by atoms with Crippen molar-refractivity contribution in [3.8, 4) is 0 Å². The molecule has 1 N–H and O–H groups in total. The highest BCUT2D eigenvalue weighted by atomic mass is 16.5. The molecule has 0 atom stereocenters. The first-order valence-corrected chi connectivity index (χ1v) is 1.96. The fourth-order valence-corrected chi connectivity index (χ4v) is 0.358. The Balaban J connectivity index is 2.44. The minimum absolute atomic E-state index is 0.747. The highest BCUT2D eigenvalue weighted by Crippen LogP contribution is 2.15. The number of hydrogen-bond donors (Lipinski definition) is 1. The van der Waals surface area contributed by atoms with Crippen molar-refractivity contribution in [3.05, 3.63) is 11.8 Å². The highest BCUT2D eigenvalue weighted by molar-refractivity contribution is 5.12. The van der Waals surface area contributed by atoms with E-state index in [1.54, 1.807) is 0 Å². The summed E-state index contributed by atoms with van der Waals surface area (Å²) in [6.07, 6.45) is 1.89. The molecule has 34 valence electrons. The van der Waals surface area contributed by atoms with E-state index in [0.29, 0.717) is 0 Å². The predicted octanol–water partition coefficient (Wildman–Crippen LogP) is 0.595. The van der Waals surface area contributed by atoms with Crippen LogP contribution in [0.25, 0.3) is 0 Å². The molecule has 2 nitrogen and oxygen atoms in total. The fourth-order valence-electron chi connectivity index (χ4n) is 0.358. The van der Waals surface area contributed by atoms with Gasteiger partial charge in [-0.1, -0.05) is 6.08 Å². The van der Waals surface area contributed by atoms with Crippen LogP contribution in [0.1, 0.15) is 6.92 Å². The van der Waals surface area contributed by atoms with Crippen LogP contribution in [0.4, 0.5) is 0 Å². The molecule has 0 aliphatic carbocycles.